The summed E-state index contributed by atoms with van der Waals surface area (Å²) in [6.45, 7) is 0.685. The average molecular weight is 806 g/mol. The molecule has 302 valence electrons. The predicted octanol–water partition coefficient (Wildman–Crippen LogP) is 3.58. The van der Waals surface area contributed by atoms with Crippen LogP contribution in [0.5, 0.6) is 0 Å². The van der Waals surface area contributed by atoms with Gasteiger partial charge in [0.15, 0.2) is 18.9 Å². The third kappa shape index (κ3) is 9.54. The van der Waals surface area contributed by atoms with Gasteiger partial charge in [0.25, 0.3) is 0 Å². The molecule has 1 amide bonds. The number of fused-ring (bicyclic) bond motifs is 1. The molecule has 11 atom stereocenters. The van der Waals surface area contributed by atoms with Crippen LogP contribution in [-0.4, -0.2) is 107 Å². The Morgan fingerprint density at radius 3 is 2.07 bits per heavy atom. The number of hydrogen-bond acceptors (Lipinski definition) is 13. The largest absolute Gasteiger partial charge is 0.462 e. The Morgan fingerprint density at radius 2 is 1.42 bits per heavy atom. The van der Waals surface area contributed by atoms with Gasteiger partial charge >= 0.3 is 5.97 Å². The number of nitrogens with one attached hydrogen (secondary N) is 1. The minimum absolute atomic E-state index is 0.0219. The van der Waals surface area contributed by atoms with E-state index >= 15 is 0 Å². The lowest BCUT2D eigenvalue weighted by molar-refractivity contribution is -0.386. The van der Waals surface area contributed by atoms with Gasteiger partial charge in [-0.1, -0.05) is 109 Å². The van der Waals surface area contributed by atoms with Crippen LogP contribution >= 0.6 is 11.6 Å². The van der Waals surface area contributed by atoms with Crippen molar-refractivity contribution in [3.63, 3.8) is 0 Å². The van der Waals surface area contributed by atoms with E-state index in [0.29, 0.717) is 33.0 Å². The van der Waals surface area contributed by atoms with Gasteiger partial charge in [0.1, 0.15) is 61.4 Å². The zero-order chi connectivity index (χ0) is 40.1. The van der Waals surface area contributed by atoms with Crippen LogP contribution in [0.2, 0.25) is 5.02 Å². The molecule has 11 unspecified atom stereocenters. The van der Waals surface area contributed by atoms with Crippen molar-refractivity contribution in [3.8, 4) is 0 Å². The van der Waals surface area contributed by atoms with Gasteiger partial charge in [0.05, 0.1) is 23.9 Å². The SMILES string of the molecule is CC(=O)Nc1cc(COC2OC(COC(=O)C(c3ccccc3)c3ccccc3)C(OC3OC4COC(c5ccccc5)OC4C(O)C3O)C(O)C2O)ccc1Cl. The highest BCUT2D eigenvalue weighted by Crippen LogP contribution is 2.37. The summed E-state index contributed by atoms with van der Waals surface area (Å²) >= 11 is 6.23. The maximum atomic E-state index is 13.9. The molecule has 3 fully saturated rings. The summed E-state index contributed by atoms with van der Waals surface area (Å²) in [5.41, 5.74) is 2.97. The molecule has 14 nitrogen and oxygen atoms in total. The van der Waals surface area contributed by atoms with Crippen molar-refractivity contribution in [1.82, 2.24) is 0 Å². The van der Waals surface area contributed by atoms with E-state index in [0.717, 1.165) is 0 Å². The number of aliphatic hydroxyl groups is 4. The molecule has 4 aromatic carbocycles. The van der Waals surface area contributed by atoms with Crippen molar-refractivity contribution < 1.29 is 63.2 Å². The summed E-state index contributed by atoms with van der Waals surface area (Å²) in [5, 5.41) is 48.3. The Morgan fingerprint density at radius 1 is 0.789 bits per heavy atom. The van der Waals surface area contributed by atoms with Crippen molar-refractivity contribution >= 4 is 29.2 Å². The van der Waals surface area contributed by atoms with Gasteiger partial charge in [-0.3, -0.25) is 9.59 Å². The molecule has 7 rings (SSSR count). The lowest BCUT2D eigenvalue weighted by Crippen LogP contribution is -2.66. The third-order valence-corrected chi connectivity index (χ3v) is 10.3. The van der Waals surface area contributed by atoms with E-state index in [2.05, 4.69) is 5.32 Å². The number of ether oxygens (including phenoxy) is 7. The first-order valence-electron chi connectivity index (χ1n) is 18.5. The standard InChI is InChI=1S/C42H44ClNO13/c1-23(45)44-29-19-24(17-18-28(29)43)20-52-41-35(48)33(46)38(30(54-41)21-51-39(50)32(25-11-5-2-6-12-25)26-13-7-3-8-14-26)57-42-36(49)34(47)37-31(55-42)22-53-40(56-37)27-15-9-4-10-16-27/h2-19,30-38,40-42,46-49H,20-22H2,1H3,(H,44,45). The van der Waals surface area contributed by atoms with Crippen molar-refractivity contribution in [3.05, 3.63) is 136 Å². The molecule has 3 saturated heterocycles. The van der Waals surface area contributed by atoms with Crippen molar-refractivity contribution in [1.29, 1.82) is 0 Å². The third-order valence-electron chi connectivity index (χ3n) is 9.98. The van der Waals surface area contributed by atoms with Gasteiger partial charge in [-0.15, -0.1) is 0 Å². The topological polar surface area (TPSA) is 192 Å². The number of rotatable bonds is 12. The van der Waals surface area contributed by atoms with Crippen LogP contribution in [-0.2, 0) is 49.4 Å². The lowest BCUT2D eigenvalue weighted by atomic mass is 9.91. The maximum Gasteiger partial charge on any atom is 0.318 e. The average Bonchev–Trinajstić information content (AvgIpc) is 3.22. The molecule has 3 aliphatic rings. The summed E-state index contributed by atoms with van der Waals surface area (Å²) in [6, 6.07) is 32.1. The van der Waals surface area contributed by atoms with Crippen molar-refractivity contribution in [2.24, 2.45) is 0 Å². The fourth-order valence-electron chi connectivity index (χ4n) is 7.10. The molecule has 3 aliphatic heterocycles. The highest BCUT2D eigenvalue weighted by Gasteiger charge is 2.53. The molecule has 0 aromatic heterocycles. The van der Waals surface area contributed by atoms with E-state index in [1.807, 2.05) is 66.7 Å². The summed E-state index contributed by atoms with van der Waals surface area (Å²) in [5.74, 6) is -1.78. The zero-order valence-electron chi connectivity index (χ0n) is 30.8. The number of esters is 1. The molecule has 15 heteroatoms. The van der Waals surface area contributed by atoms with E-state index in [-0.39, 0.29) is 19.1 Å². The summed E-state index contributed by atoms with van der Waals surface area (Å²) < 4.78 is 42.0. The second-order valence-electron chi connectivity index (χ2n) is 14.0. The first-order chi connectivity index (χ1) is 27.6. The van der Waals surface area contributed by atoms with Crippen molar-refractivity contribution in [2.45, 2.75) is 87.2 Å². The number of aliphatic hydroxyl groups excluding tert-OH is 4. The van der Waals surface area contributed by atoms with Gasteiger partial charge in [0, 0.05) is 12.5 Å². The smallest absolute Gasteiger partial charge is 0.318 e. The molecular formula is C42H44ClNO13. The van der Waals surface area contributed by atoms with E-state index in [9.17, 15) is 30.0 Å². The lowest BCUT2D eigenvalue weighted by Gasteiger charge is -2.48. The summed E-state index contributed by atoms with van der Waals surface area (Å²) in [4.78, 5) is 25.6. The minimum Gasteiger partial charge on any atom is -0.462 e. The van der Waals surface area contributed by atoms with E-state index in [4.69, 9.17) is 44.8 Å². The Kier molecular flexibility index (Phi) is 13.3. The van der Waals surface area contributed by atoms with E-state index in [1.165, 1.54) is 6.92 Å². The number of benzene rings is 4. The van der Waals surface area contributed by atoms with Crippen LogP contribution in [0.25, 0.3) is 0 Å². The molecule has 0 spiro atoms. The zero-order valence-corrected chi connectivity index (χ0v) is 31.5. The van der Waals surface area contributed by atoms with Gasteiger partial charge < -0.3 is 58.9 Å². The van der Waals surface area contributed by atoms with Crippen LogP contribution in [0.15, 0.2) is 109 Å². The highest BCUT2D eigenvalue weighted by atomic mass is 35.5. The fourth-order valence-corrected chi connectivity index (χ4v) is 7.26. The molecule has 0 radical (unpaired) electrons. The molecule has 0 bridgehead atoms. The number of carbonyl (C=O) groups is 2. The normalized spacial score (nSPS) is 30.0. The quantitative estimate of drug-likeness (QED) is 0.131. The highest BCUT2D eigenvalue weighted by molar-refractivity contribution is 6.33. The molecule has 0 saturated carbocycles. The number of hydrogen-bond donors (Lipinski definition) is 5. The predicted molar refractivity (Wildman–Crippen MR) is 202 cm³/mol. The molecule has 4 aromatic rings. The Bertz CT molecular complexity index is 1900. The molecule has 0 aliphatic carbocycles. The van der Waals surface area contributed by atoms with Crippen molar-refractivity contribution in [2.75, 3.05) is 18.5 Å². The summed E-state index contributed by atoms with van der Waals surface area (Å²) in [7, 11) is 0. The molecular weight excluding hydrogens is 762 g/mol. The van der Waals surface area contributed by atoms with Crippen LogP contribution in [0.4, 0.5) is 5.69 Å². The summed E-state index contributed by atoms with van der Waals surface area (Å²) in [6.07, 6.45) is -15.1. The molecule has 57 heavy (non-hydrogen) atoms. The monoisotopic (exact) mass is 805 g/mol. The van der Waals surface area contributed by atoms with E-state index in [1.54, 1.807) is 42.5 Å². The molecule has 3 heterocycles. The number of halogens is 1. The van der Waals surface area contributed by atoms with Crippen LogP contribution in [0.1, 0.15) is 41.4 Å². The number of carbonyl (C=O) groups excluding carboxylic acids is 2. The van der Waals surface area contributed by atoms with Gasteiger partial charge in [-0.25, -0.2) is 0 Å². The first kappa shape index (κ1) is 40.9. The number of anilines is 1. The van der Waals surface area contributed by atoms with Gasteiger partial charge in [-0.2, -0.15) is 0 Å². The second-order valence-corrected chi connectivity index (χ2v) is 14.4. The fraction of sp³-hybridized carbons (Fsp3) is 0.381. The van der Waals surface area contributed by atoms with Crippen LogP contribution in [0.3, 0.4) is 0 Å². The van der Waals surface area contributed by atoms with Gasteiger partial charge in [-0.05, 0) is 28.8 Å². The first-order valence-corrected chi connectivity index (χ1v) is 18.9. The van der Waals surface area contributed by atoms with Crippen LogP contribution in [0, 0.1) is 0 Å². The maximum absolute atomic E-state index is 13.9. The Balaban J connectivity index is 1.10. The van der Waals surface area contributed by atoms with Gasteiger partial charge in [0.2, 0.25) is 5.91 Å². The minimum atomic E-state index is -1.74. The Hall–Kier alpha value is -4.29. The second kappa shape index (κ2) is 18.5. The van der Waals surface area contributed by atoms with E-state index < -0.39 is 86.2 Å². The molecule has 5 N–H and O–H groups in total. The Labute approximate surface area is 333 Å². The van der Waals surface area contributed by atoms with Crippen LogP contribution < -0.4 is 5.32 Å². The number of amides is 1.